The lowest BCUT2D eigenvalue weighted by molar-refractivity contribution is 0.184. The number of hydrazone groups is 1. The predicted octanol–water partition coefficient (Wildman–Crippen LogP) is 4.55. The number of piperidine rings is 1. The number of hydrazine groups is 1. The van der Waals surface area contributed by atoms with E-state index in [1.54, 1.807) is 0 Å². The van der Waals surface area contributed by atoms with Gasteiger partial charge in [-0.2, -0.15) is 0 Å². The van der Waals surface area contributed by atoms with Gasteiger partial charge in [0.05, 0.1) is 12.0 Å². The maximum atomic E-state index is 12.8. The third-order valence-corrected chi connectivity index (χ3v) is 6.49. The Labute approximate surface area is 205 Å². The number of amides is 2. The number of rotatable bonds is 6. The highest BCUT2D eigenvalue weighted by atomic mass is 35.5. The highest BCUT2D eigenvalue weighted by Crippen LogP contribution is 2.36. The van der Waals surface area contributed by atoms with Crippen molar-refractivity contribution in [2.45, 2.75) is 24.8 Å². The van der Waals surface area contributed by atoms with E-state index in [0.717, 1.165) is 16.8 Å². The van der Waals surface area contributed by atoms with E-state index < -0.39 is 5.41 Å². The summed E-state index contributed by atoms with van der Waals surface area (Å²) in [6, 6.07) is 26.9. The molecule has 1 aliphatic heterocycles. The molecule has 1 aliphatic rings. The number of hydrogen-bond donors (Lipinski definition) is 3. The normalized spacial score (nSPS) is 15.6. The molecule has 0 radical (unpaired) electrons. The Hall–Kier alpha value is -3.55. The molecule has 0 unspecified atom stereocenters. The van der Waals surface area contributed by atoms with E-state index >= 15 is 0 Å². The van der Waals surface area contributed by atoms with Crippen LogP contribution in [0.3, 0.4) is 0 Å². The minimum atomic E-state index is -0.512. The van der Waals surface area contributed by atoms with Gasteiger partial charge < -0.3 is 16.0 Å². The molecular formula is C26H29ClN6O. The van der Waals surface area contributed by atoms with Gasteiger partial charge in [-0.25, -0.2) is 15.8 Å². The summed E-state index contributed by atoms with van der Waals surface area (Å²) in [6.07, 6.45) is 1.28. The van der Waals surface area contributed by atoms with Gasteiger partial charge in [0, 0.05) is 23.8 Å². The second-order valence-electron chi connectivity index (χ2n) is 8.44. The van der Waals surface area contributed by atoms with Crippen LogP contribution in [0.5, 0.6) is 0 Å². The Bertz CT molecular complexity index is 1110. The number of benzene rings is 3. The van der Waals surface area contributed by atoms with Crippen LogP contribution in [-0.4, -0.2) is 35.0 Å². The number of amidine groups is 1. The van der Waals surface area contributed by atoms with E-state index in [0.29, 0.717) is 43.3 Å². The number of carbonyl (C=O) groups excluding carboxylic acids is 1. The quantitative estimate of drug-likeness (QED) is 0.210. The summed E-state index contributed by atoms with van der Waals surface area (Å²) in [5.41, 5.74) is 8.93. The number of nitrogens with two attached hydrogens (primary N) is 2. The van der Waals surface area contributed by atoms with E-state index in [4.69, 9.17) is 23.2 Å². The van der Waals surface area contributed by atoms with Crippen LogP contribution in [0.4, 0.5) is 10.5 Å². The van der Waals surface area contributed by atoms with Gasteiger partial charge >= 0.3 is 6.03 Å². The Morgan fingerprint density at radius 3 is 2.18 bits per heavy atom. The summed E-state index contributed by atoms with van der Waals surface area (Å²) < 4.78 is 0. The molecule has 8 heteroatoms. The van der Waals surface area contributed by atoms with Gasteiger partial charge in [0.2, 0.25) is 0 Å². The summed E-state index contributed by atoms with van der Waals surface area (Å²) in [7, 11) is 0. The van der Waals surface area contributed by atoms with Gasteiger partial charge in [-0.15, -0.1) is 5.10 Å². The highest BCUT2D eigenvalue weighted by Gasteiger charge is 2.41. The second kappa shape index (κ2) is 10.6. The summed E-state index contributed by atoms with van der Waals surface area (Å²) in [5.74, 6) is 6.65. The van der Waals surface area contributed by atoms with Crippen LogP contribution in [0, 0.1) is 0 Å². The van der Waals surface area contributed by atoms with Crippen molar-refractivity contribution < 1.29 is 4.79 Å². The van der Waals surface area contributed by atoms with Crippen molar-refractivity contribution in [3.8, 4) is 0 Å². The lowest BCUT2D eigenvalue weighted by atomic mass is 9.72. The van der Waals surface area contributed by atoms with Crippen LogP contribution in [0.1, 0.15) is 24.0 Å². The molecule has 1 saturated heterocycles. The standard InChI is InChI=1S/C26H29ClN6O/c27-22-13-11-20(12-14-22)19-33(29)31-24(28)26(21-7-3-1-4-8-21)15-17-32(18-16-26)25(34)30-23-9-5-2-6-10-23/h1-14H,15-19,29H2,(H2,28,31)(H,30,34). The molecule has 0 bridgehead atoms. The number of nitrogens with zero attached hydrogens (tertiary/aromatic N) is 3. The molecule has 176 valence electrons. The largest absolute Gasteiger partial charge is 0.385 e. The van der Waals surface area contributed by atoms with Gasteiger partial charge in [0.15, 0.2) is 0 Å². The highest BCUT2D eigenvalue weighted by molar-refractivity contribution is 6.30. The molecular weight excluding hydrogens is 448 g/mol. The summed E-state index contributed by atoms with van der Waals surface area (Å²) in [4.78, 5) is 14.6. The smallest absolute Gasteiger partial charge is 0.321 e. The van der Waals surface area contributed by atoms with Gasteiger partial charge in [-0.1, -0.05) is 72.3 Å². The van der Waals surface area contributed by atoms with E-state index in [1.165, 1.54) is 5.12 Å². The van der Waals surface area contributed by atoms with Crippen molar-refractivity contribution in [3.05, 3.63) is 101 Å². The van der Waals surface area contributed by atoms with Crippen molar-refractivity contribution in [2.24, 2.45) is 16.7 Å². The molecule has 4 rings (SSSR count). The van der Waals surface area contributed by atoms with Crippen LogP contribution in [0.25, 0.3) is 0 Å². The maximum absolute atomic E-state index is 12.8. The Balaban J connectivity index is 1.50. The second-order valence-corrected chi connectivity index (χ2v) is 8.88. The molecule has 0 saturated carbocycles. The first-order chi connectivity index (χ1) is 16.5. The Morgan fingerprint density at radius 1 is 0.971 bits per heavy atom. The lowest BCUT2D eigenvalue weighted by Gasteiger charge is -2.42. The predicted molar refractivity (Wildman–Crippen MR) is 137 cm³/mol. The molecule has 1 heterocycles. The first-order valence-corrected chi connectivity index (χ1v) is 11.6. The van der Waals surface area contributed by atoms with E-state index in [1.807, 2.05) is 77.7 Å². The number of hydrogen-bond acceptors (Lipinski definition) is 4. The van der Waals surface area contributed by atoms with Crippen molar-refractivity contribution in [3.63, 3.8) is 0 Å². The zero-order chi connectivity index (χ0) is 24.0. The molecule has 0 atom stereocenters. The average molecular weight is 477 g/mol. The van der Waals surface area contributed by atoms with Gasteiger partial charge in [-0.05, 0) is 48.2 Å². The average Bonchev–Trinajstić information content (AvgIpc) is 2.86. The number of carbonyl (C=O) groups is 1. The van der Waals surface area contributed by atoms with Gasteiger partial charge in [0.1, 0.15) is 5.84 Å². The lowest BCUT2D eigenvalue weighted by Crippen LogP contribution is -2.53. The number of anilines is 1. The monoisotopic (exact) mass is 476 g/mol. The molecule has 0 aromatic heterocycles. The third-order valence-electron chi connectivity index (χ3n) is 6.24. The van der Waals surface area contributed by atoms with Crippen molar-refractivity contribution >= 4 is 29.2 Å². The molecule has 1 fully saturated rings. The maximum Gasteiger partial charge on any atom is 0.321 e. The molecule has 7 nitrogen and oxygen atoms in total. The number of para-hydroxylation sites is 1. The zero-order valence-corrected chi connectivity index (χ0v) is 19.7. The minimum Gasteiger partial charge on any atom is -0.385 e. The fourth-order valence-corrected chi connectivity index (χ4v) is 4.44. The number of nitrogens with one attached hydrogen (secondary N) is 1. The molecule has 34 heavy (non-hydrogen) atoms. The number of halogens is 1. The topological polar surface area (TPSA) is 100.0 Å². The Kier molecular flexibility index (Phi) is 7.35. The summed E-state index contributed by atoms with van der Waals surface area (Å²) in [5, 5.41) is 9.54. The van der Waals surface area contributed by atoms with E-state index in [-0.39, 0.29) is 6.03 Å². The zero-order valence-electron chi connectivity index (χ0n) is 18.9. The van der Waals surface area contributed by atoms with Crippen molar-refractivity contribution in [1.82, 2.24) is 10.0 Å². The molecule has 0 aliphatic carbocycles. The van der Waals surface area contributed by atoms with Crippen LogP contribution in [0.15, 0.2) is 90.0 Å². The number of urea groups is 1. The first kappa shape index (κ1) is 23.6. The molecule has 2 amide bonds. The van der Waals surface area contributed by atoms with Crippen molar-refractivity contribution in [1.29, 1.82) is 0 Å². The first-order valence-electron chi connectivity index (χ1n) is 11.2. The van der Waals surface area contributed by atoms with E-state index in [2.05, 4.69) is 22.6 Å². The molecule has 0 spiro atoms. The van der Waals surface area contributed by atoms with Gasteiger partial charge in [0.25, 0.3) is 0 Å². The molecule has 3 aromatic rings. The SMILES string of the molecule is N/C(=N\N(N)Cc1ccc(Cl)cc1)C1(c2ccccc2)CCN(C(=O)Nc2ccccc2)CC1. The van der Waals surface area contributed by atoms with Crippen LogP contribution in [0.2, 0.25) is 5.02 Å². The minimum absolute atomic E-state index is 0.119. The van der Waals surface area contributed by atoms with Crippen molar-refractivity contribution in [2.75, 3.05) is 18.4 Å². The van der Waals surface area contributed by atoms with Crippen LogP contribution in [-0.2, 0) is 12.0 Å². The Morgan fingerprint density at radius 2 is 1.56 bits per heavy atom. The number of likely N-dealkylation sites (tertiary alicyclic amines) is 1. The molecule has 3 aromatic carbocycles. The summed E-state index contributed by atoms with van der Waals surface area (Å²) in [6.45, 7) is 1.49. The van der Waals surface area contributed by atoms with E-state index in [9.17, 15) is 4.79 Å². The van der Waals surface area contributed by atoms with Gasteiger partial charge in [-0.3, -0.25) is 0 Å². The summed E-state index contributed by atoms with van der Waals surface area (Å²) >= 11 is 5.97. The fraction of sp³-hybridized carbons (Fsp3) is 0.231. The fourth-order valence-electron chi connectivity index (χ4n) is 4.31. The van der Waals surface area contributed by atoms with Crippen LogP contribution >= 0.6 is 11.6 Å². The van der Waals surface area contributed by atoms with Crippen LogP contribution < -0.4 is 16.9 Å². The third kappa shape index (κ3) is 5.50. The molecule has 5 N–H and O–H groups in total.